The molecule has 2 aliphatic rings. The van der Waals surface area contributed by atoms with E-state index >= 15 is 0 Å². The molecule has 2 amide bonds. The average molecular weight is 287 g/mol. The number of carbonyl (C=O) groups excluding carboxylic acids is 1. The third kappa shape index (κ3) is 3.49. The van der Waals surface area contributed by atoms with Crippen LogP contribution in [0.5, 0.6) is 0 Å². The van der Waals surface area contributed by atoms with Gasteiger partial charge in [0.2, 0.25) is 0 Å². The van der Waals surface area contributed by atoms with E-state index in [9.17, 15) is 4.79 Å². The van der Waals surface area contributed by atoms with Crippen molar-refractivity contribution >= 4 is 11.7 Å². The van der Waals surface area contributed by atoms with Crippen LogP contribution in [0.15, 0.2) is 18.2 Å². The van der Waals surface area contributed by atoms with Gasteiger partial charge in [0.15, 0.2) is 0 Å². The number of likely N-dealkylation sites (tertiary alicyclic amines) is 1. The zero-order valence-corrected chi connectivity index (χ0v) is 12.7. The molecule has 0 saturated carbocycles. The molecule has 0 bridgehead atoms. The number of rotatable bonds is 2. The van der Waals surface area contributed by atoms with Crippen molar-refractivity contribution in [1.29, 1.82) is 0 Å². The lowest BCUT2D eigenvalue weighted by Gasteiger charge is -2.23. The molecule has 3 rings (SSSR count). The summed E-state index contributed by atoms with van der Waals surface area (Å²) in [4.78, 5) is 14.3. The van der Waals surface area contributed by atoms with E-state index in [2.05, 4.69) is 28.8 Å². The second-order valence-electron chi connectivity index (χ2n) is 6.04. The number of nitrogens with zero attached hydrogens (tertiary/aromatic N) is 1. The molecule has 0 atom stereocenters. The molecule has 4 nitrogen and oxygen atoms in total. The van der Waals surface area contributed by atoms with E-state index in [4.69, 9.17) is 0 Å². The number of fused-ring (bicyclic) bond motifs is 1. The minimum atomic E-state index is 0.0883. The van der Waals surface area contributed by atoms with Crippen LogP contribution in [0.2, 0.25) is 0 Å². The van der Waals surface area contributed by atoms with Crippen LogP contribution in [-0.2, 0) is 13.0 Å². The highest BCUT2D eigenvalue weighted by Crippen LogP contribution is 2.25. The van der Waals surface area contributed by atoms with Crippen LogP contribution in [0.25, 0.3) is 0 Å². The zero-order valence-electron chi connectivity index (χ0n) is 12.7. The van der Waals surface area contributed by atoms with Gasteiger partial charge in [-0.1, -0.05) is 31.0 Å². The Labute approximate surface area is 126 Å². The van der Waals surface area contributed by atoms with Crippen molar-refractivity contribution in [2.75, 3.05) is 25.0 Å². The molecule has 1 aromatic carbocycles. The SMILES string of the molecule is O=C(NCc1cccc2c1NCCC2)N1CCCCCC1. The largest absolute Gasteiger partial charge is 0.385 e. The van der Waals surface area contributed by atoms with Crippen LogP contribution >= 0.6 is 0 Å². The van der Waals surface area contributed by atoms with Gasteiger partial charge in [0.05, 0.1) is 0 Å². The molecular weight excluding hydrogens is 262 g/mol. The van der Waals surface area contributed by atoms with Crippen molar-refractivity contribution in [3.8, 4) is 0 Å². The number of benzene rings is 1. The molecule has 0 unspecified atom stereocenters. The molecule has 1 fully saturated rings. The lowest BCUT2D eigenvalue weighted by molar-refractivity contribution is 0.199. The van der Waals surface area contributed by atoms with E-state index in [1.54, 1.807) is 0 Å². The zero-order chi connectivity index (χ0) is 14.5. The van der Waals surface area contributed by atoms with Gasteiger partial charge in [-0.3, -0.25) is 0 Å². The predicted octanol–water partition coefficient (Wildman–Crippen LogP) is 3.13. The normalized spacial score (nSPS) is 18.4. The maximum absolute atomic E-state index is 12.3. The summed E-state index contributed by atoms with van der Waals surface area (Å²) in [6, 6.07) is 6.48. The molecule has 2 heterocycles. The summed E-state index contributed by atoms with van der Waals surface area (Å²) in [6.07, 6.45) is 7.10. The summed E-state index contributed by atoms with van der Waals surface area (Å²) in [5, 5.41) is 6.57. The Hall–Kier alpha value is -1.71. The summed E-state index contributed by atoms with van der Waals surface area (Å²) < 4.78 is 0. The summed E-state index contributed by atoms with van der Waals surface area (Å²) >= 11 is 0. The van der Waals surface area contributed by atoms with Crippen molar-refractivity contribution in [3.05, 3.63) is 29.3 Å². The van der Waals surface area contributed by atoms with Crippen LogP contribution in [-0.4, -0.2) is 30.6 Å². The molecule has 1 aromatic rings. The molecule has 0 radical (unpaired) electrons. The molecule has 0 aromatic heterocycles. The van der Waals surface area contributed by atoms with Gasteiger partial charge in [-0.05, 0) is 36.8 Å². The van der Waals surface area contributed by atoms with Gasteiger partial charge < -0.3 is 15.5 Å². The first kappa shape index (κ1) is 14.2. The van der Waals surface area contributed by atoms with Gasteiger partial charge in [-0.2, -0.15) is 0 Å². The van der Waals surface area contributed by atoms with Gasteiger partial charge in [-0.25, -0.2) is 4.79 Å². The third-order valence-electron chi connectivity index (χ3n) is 4.49. The fourth-order valence-corrected chi connectivity index (χ4v) is 3.28. The first-order valence-corrected chi connectivity index (χ1v) is 8.22. The van der Waals surface area contributed by atoms with Gasteiger partial charge in [-0.15, -0.1) is 0 Å². The number of nitrogens with one attached hydrogen (secondary N) is 2. The van der Waals surface area contributed by atoms with E-state index < -0.39 is 0 Å². The first-order chi connectivity index (χ1) is 10.3. The molecule has 21 heavy (non-hydrogen) atoms. The van der Waals surface area contributed by atoms with Gasteiger partial charge in [0.1, 0.15) is 0 Å². The Morgan fingerprint density at radius 3 is 2.76 bits per heavy atom. The molecule has 114 valence electrons. The molecular formula is C17H25N3O. The second kappa shape index (κ2) is 6.83. The first-order valence-electron chi connectivity index (χ1n) is 8.22. The number of carbonyl (C=O) groups is 1. The number of aryl methyl sites for hydroxylation is 1. The standard InChI is InChI=1S/C17H25N3O/c21-17(20-11-3-1-2-4-12-20)19-13-15-8-5-7-14-9-6-10-18-16(14)15/h5,7-8,18H,1-4,6,9-13H2,(H,19,21). The van der Waals surface area contributed by atoms with Crippen LogP contribution in [0.3, 0.4) is 0 Å². The topological polar surface area (TPSA) is 44.4 Å². The lowest BCUT2D eigenvalue weighted by Crippen LogP contribution is -2.40. The summed E-state index contributed by atoms with van der Waals surface area (Å²) in [6.45, 7) is 3.45. The van der Waals surface area contributed by atoms with Gasteiger partial charge >= 0.3 is 6.03 Å². The van der Waals surface area contributed by atoms with E-state index in [1.807, 2.05) is 4.90 Å². The molecule has 2 aliphatic heterocycles. The number of amides is 2. The van der Waals surface area contributed by atoms with E-state index in [1.165, 1.54) is 36.1 Å². The number of hydrogen-bond donors (Lipinski definition) is 2. The number of urea groups is 1. The molecule has 0 aliphatic carbocycles. The molecule has 1 saturated heterocycles. The minimum absolute atomic E-state index is 0.0883. The van der Waals surface area contributed by atoms with E-state index in [-0.39, 0.29) is 6.03 Å². The highest BCUT2D eigenvalue weighted by Gasteiger charge is 2.16. The summed E-state index contributed by atoms with van der Waals surface area (Å²) in [7, 11) is 0. The highest BCUT2D eigenvalue weighted by molar-refractivity contribution is 5.74. The van der Waals surface area contributed by atoms with Gasteiger partial charge in [0, 0.05) is 31.9 Å². The van der Waals surface area contributed by atoms with E-state index in [0.29, 0.717) is 6.54 Å². The Morgan fingerprint density at radius 2 is 1.95 bits per heavy atom. The van der Waals surface area contributed by atoms with Gasteiger partial charge in [0.25, 0.3) is 0 Å². The van der Waals surface area contributed by atoms with Crippen LogP contribution in [0.1, 0.15) is 43.2 Å². The number of para-hydroxylation sites is 1. The van der Waals surface area contributed by atoms with Crippen LogP contribution < -0.4 is 10.6 Å². The smallest absolute Gasteiger partial charge is 0.317 e. The maximum atomic E-state index is 12.3. The third-order valence-corrected chi connectivity index (χ3v) is 4.49. The molecule has 4 heteroatoms. The molecule has 0 spiro atoms. The fraction of sp³-hybridized carbons (Fsp3) is 0.588. The van der Waals surface area contributed by atoms with Crippen LogP contribution in [0.4, 0.5) is 10.5 Å². The Bertz CT molecular complexity index is 493. The fourth-order valence-electron chi connectivity index (χ4n) is 3.28. The summed E-state index contributed by atoms with van der Waals surface area (Å²) in [5.41, 5.74) is 3.82. The average Bonchev–Trinajstić information content (AvgIpc) is 2.82. The van der Waals surface area contributed by atoms with Crippen LogP contribution in [0, 0.1) is 0 Å². The van der Waals surface area contributed by atoms with Crippen molar-refractivity contribution < 1.29 is 4.79 Å². The second-order valence-corrected chi connectivity index (χ2v) is 6.04. The quantitative estimate of drug-likeness (QED) is 0.877. The number of hydrogen-bond acceptors (Lipinski definition) is 2. The van der Waals surface area contributed by atoms with Crippen molar-refractivity contribution in [2.45, 2.75) is 45.1 Å². The predicted molar refractivity (Wildman–Crippen MR) is 85.5 cm³/mol. The summed E-state index contributed by atoms with van der Waals surface area (Å²) in [5.74, 6) is 0. The Kier molecular flexibility index (Phi) is 4.63. The van der Waals surface area contributed by atoms with Crippen molar-refractivity contribution in [2.24, 2.45) is 0 Å². The maximum Gasteiger partial charge on any atom is 0.317 e. The number of anilines is 1. The molecule has 2 N–H and O–H groups in total. The minimum Gasteiger partial charge on any atom is -0.385 e. The highest BCUT2D eigenvalue weighted by atomic mass is 16.2. The van der Waals surface area contributed by atoms with Crippen molar-refractivity contribution in [3.63, 3.8) is 0 Å². The Morgan fingerprint density at radius 1 is 1.14 bits per heavy atom. The van der Waals surface area contributed by atoms with E-state index in [0.717, 1.165) is 38.9 Å². The lowest BCUT2D eigenvalue weighted by atomic mass is 9.99. The Balaban J connectivity index is 1.61. The van der Waals surface area contributed by atoms with Crippen molar-refractivity contribution in [1.82, 2.24) is 10.2 Å². The monoisotopic (exact) mass is 287 g/mol.